The molecule has 31 heavy (non-hydrogen) atoms. The SMILES string of the molecule is CCOc1ccc([C@H]2C(C#N)=C(SCc3ccccc3)NC(=O)[C@H]2C(=O)OC)cc1Cl. The Labute approximate surface area is 190 Å². The molecule has 0 saturated heterocycles. The van der Waals surface area contributed by atoms with Crippen LogP contribution in [0.1, 0.15) is 24.0 Å². The zero-order valence-electron chi connectivity index (χ0n) is 17.1. The van der Waals surface area contributed by atoms with Crippen molar-refractivity contribution in [2.45, 2.75) is 18.6 Å². The molecule has 1 heterocycles. The number of rotatable bonds is 7. The number of esters is 1. The highest BCUT2D eigenvalue weighted by Crippen LogP contribution is 2.42. The highest BCUT2D eigenvalue weighted by Gasteiger charge is 2.44. The molecule has 2 aromatic rings. The van der Waals surface area contributed by atoms with Gasteiger partial charge in [0.05, 0.1) is 35.4 Å². The van der Waals surface area contributed by atoms with E-state index in [9.17, 15) is 14.9 Å². The highest BCUT2D eigenvalue weighted by molar-refractivity contribution is 8.02. The van der Waals surface area contributed by atoms with Crippen LogP contribution in [0.2, 0.25) is 5.02 Å². The number of nitriles is 1. The van der Waals surface area contributed by atoms with Crippen LogP contribution in [0.4, 0.5) is 0 Å². The molecule has 6 nitrogen and oxygen atoms in total. The number of halogens is 1. The number of carbonyl (C=O) groups is 2. The fraction of sp³-hybridized carbons (Fsp3) is 0.261. The third-order valence-electron chi connectivity index (χ3n) is 4.82. The van der Waals surface area contributed by atoms with Crippen LogP contribution >= 0.6 is 23.4 Å². The molecule has 0 unspecified atom stereocenters. The van der Waals surface area contributed by atoms with Gasteiger partial charge in [0.1, 0.15) is 11.7 Å². The predicted octanol–water partition coefficient (Wildman–Crippen LogP) is 4.41. The van der Waals surface area contributed by atoms with Gasteiger partial charge in [0.15, 0.2) is 0 Å². The van der Waals surface area contributed by atoms with Crippen molar-refractivity contribution in [3.63, 3.8) is 0 Å². The maximum atomic E-state index is 12.9. The van der Waals surface area contributed by atoms with E-state index in [1.807, 2.05) is 37.3 Å². The Kier molecular flexibility index (Phi) is 7.61. The van der Waals surface area contributed by atoms with Gasteiger partial charge in [-0.25, -0.2) is 0 Å². The van der Waals surface area contributed by atoms with Gasteiger partial charge in [-0.2, -0.15) is 5.26 Å². The van der Waals surface area contributed by atoms with Crippen LogP contribution in [0, 0.1) is 17.2 Å². The molecule has 1 N–H and O–H groups in total. The summed E-state index contributed by atoms with van der Waals surface area (Å²) in [5.74, 6) is -2.21. The number of ether oxygens (including phenoxy) is 2. The largest absolute Gasteiger partial charge is 0.492 e. The molecule has 3 rings (SSSR count). The lowest BCUT2D eigenvalue weighted by Crippen LogP contribution is -2.44. The van der Waals surface area contributed by atoms with Crippen molar-refractivity contribution >= 4 is 35.2 Å². The van der Waals surface area contributed by atoms with E-state index in [0.29, 0.717) is 33.7 Å². The quantitative estimate of drug-likeness (QED) is 0.490. The summed E-state index contributed by atoms with van der Waals surface area (Å²) >= 11 is 7.69. The molecular weight excluding hydrogens is 436 g/mol. The van der Waals surface area contributed by atoms with Crippen molar-refractivity contribution in [2.24, 2.45) is 5.92 Å². The topological polar surface area (TPSA) is 88.4 Å². The third-order valence-corrected chi connectivity index (χ3v) is 6.21. The number of hydrogen-bond acceptors (Lipinski definition) is 6. The van der Waals surface area contributed by atoms with E-state index in [4.69, 9.17) is 21.1 Å². The minimum atomic E-state index is -1.20. The average Bonchev–Trinajstić information content (AvgIpc) is 2.78. The summed E-state index contributed by atoms with van der Waals surface area (Å²) in [6, 6.07) is 16.9. The zero-order chi connectivity index (χ0) is 22.4. The van der Waals surface area contributed by atoms with E-state index in [-0.39, 0.29) is 5.57 Å². The Morgan fingerprint density at radius 2 is 2.00 bits per heavy atom. The van der Waals surface area contributed by atoms with Crippen LogP contribution in [0.15, 0.2) is 59.1 Å². The molecule has 8 heteroatoms. The molecule has 0 aromatic heterocycles. The molecule has 0 bridgehead atoms. The van der Waals surface area contributed by atoms with E-state index in [0.717, 1.165) is 5.56 Å². The van der Waals surface area contributed by atoms with Crippen molar-refractivity contribution in [1.29, 1.82) is 5.26 Å². The summed E-state index contributed by atoms with van der Waals surface area (Å²) in [5, 5.41) is 13.5. The van der Waals surface area contributed by atoms with Gasteiger partial charge >= 0.3 is 5.97 Å². The lowest BCUT2D eigenvalue weighted by molar-refractivity contribution is -0.150. The number of methoxy groups -OCH3 is 1. The van der Waals surface area contributed by atoms with Gasteiger partial charge in [0.25, 0.3) is 0 Å². The molecule has 2 aromatic carbocycles. The standard InChI is InChI=1S/C23H21ClN2O4S/c1-3-30-18-10-9-15(11-17(18)24)19-16(12-25)22(26-21(27)20(19)23(28)29-2)31-13-14-7-5-4-6-8-14/h4-11,19-20H,3,13H2,1-2H3,(H,26,27)/t19-,20-/m0/s1. The number of benzene rings is 2. The van der Waals surface area contributed by atoms with Gasteiger partial charge in [0, 0.05) is 11.7 Å². The summed E-state index contributed by atoms with van der Waals surface area (Å²) in [7, 11) is 1.22. The van der Waals surface area contributed by atoms with Gasteiger partial charge in [-0.1, -0.05) is 48.0 Å². The Hall–Kier alpha value is -2.95. The molecule has 1 amide bonds. The van der Waals surface area contributed by atoms with Crippen LogP contribution in [0.3, 0.4) is 0 Å². The smallest absolute Gasteiger partial charge is 0.319 e. The summed E-state index contributed by atoms with van der Waals surface area (Å²) in [5.41, 5.74) is 1.89. The molecule has 1 aliphatic rings. The number of carbonyl (C=O) groups excluding carboxylic acids is 2. The molecular formula is C23H21ClN2O4S. The maximum absolute atomic E-state index is 12.9. The van der Waals surface area contributed by atoms with Crippen LogP contribution < -0.4 is 10.1 Å². The number of amides is 1. The lowest BCUT2D eigenvalue weighted by Gasteiger charge is -2.31. The second-order valence-electron chi connectivity index (χ2n) is 6.72. The van der Waals surface area contributed by atoms with Crippen molar-refractivity contribution in [1.82, 2.24) is 5.32 Å². The number of nitrogens with one attached hydrogen (secondary N) is 1. The van der Waals surface area contributed by atoms with Gasteiger partial charge in [-0.3, -0.25) is 9.59 Å². The fourth-order valence-electron chi connectivity index (χ4n) is 3.39. The molecule has 1 aliphatic heterocycles. The van der Waals surface area contributed by atoms with E-state index in [1.54, 1.807) is 18.2 Å². The zero-order valence-corrected chi connectivity index (χ0v) is 18.6. The van der Waals surface area contributed by atoms with Gasteiger partial charge in [-0.05, 0) is 30.2 Å². The van der Waals surface area contributed by atoms with Crippen LogP contribution in [0.5, 0.6) is 5.75 Å². The second kappa shape index (κ2) is 10.4. The first kappa shape index (κ1) is 22.7. The summed E-state index contributed by atoms with van der Waals surface area (Å²) < 4.78 is 10.3. The van der Waals surface area contributed by atoms with Gasteiger partial charge in [-0.15, -0.1) is 11.8 Å². The van der Waals surface area contributed by atoms with E-state index < -0.39 is 23.7 Å². The first-order valence-electron chi connectivity index (χ1n) is 9.62. The molecule has 0 aliphatic carbocycles. The number of nitrogens with zero attached hydrogens (tertiary/aromatic N) is 1. The second-order valence-corrected chi connectivity index (χ2v) is 8.11. The molecule has 0 fully saturated rings. The van der Waals surface area contributed by atoms with E-state index in [1.165, 1.54) is 18.9 Å². The van der Waals surface area contributed by atoms with Gasteiger partial charge in [0.2, 0.25) is 5.91 Å². The Bertz CT molecular complexity index is 1050. The summed E-state index contributed by atoms with van der Waals surface area (Å²) in [6.45, 7) is 2.29. The minimum Gasteiger partial charge on any atom is -0.492 e. The number of allylic oxidation sites excluding steroid dienone is 1. The van der Waals surface area contributed by atoms with E-state index >= 15 is 0 Å². The van der Waals surface area contributed by atoms with E-state index in [2.05, 4.69) is 11.4 Å². The molecule has 0 spiro atoms. The Morgan fingerprint density at radius 3 is 2.61 bits per heavy atom. The van der Waals surface area contributed by atoms with Crippen LogP contribution in [-0.2, 0) is 20.1 Å². The molecule has 0 saturated carbocycles. The number of hydrogen-bond donors (Lipinski definition) is 1. The van der Waals surface area contributed by atoms with Crippen LogP contribution in [-0.4, -0.2) is 25.6 Å². The molecule has 160 valence electrons. The maximum Gasteiger partial charge on any atom is 0.319 e. The predicted molar refractivity (Wildman–Crippen MR) is 119 cm³/mol. The van der Waals surface area contributed by atoms with Crippen LogP contribution in [0.25, 0.3) is 0 Å². The third kappa shape index (κ3) is 5.04. The van der Waals surface area contributed by atoms with Crippen molar-refractivity contribution in [3.05, 3.63) is 75.3 Å². The fourth-order valence-corrected chi connectivity index (χ4v) is 4.64. The Morgan fingerprint density at radius 1 is 1.26 bits per heavy atom. The van der Waals surface area contributed by atoms with Gasteiger partial charge < -0.3 is 14.8 Å². The normalized spacial score (nSPS) is 18.2. The van der Waals surface area contributed by atoms with Crippen molar-refractivity contribution in [2.75, 3.05) is 13.7 Å². The molecule has 2 atom stereocenters. The van der Waals surface area contributed by atoms with Crippen molar-refractivity contribution < 1.29 is 19.1 Å². The summed E-state index contributed by atoms with van der Waals surface area (Å²) in [4.78, 5) is 25.4. The first-order chi connectivity index (χ1) is 15.0. The first-order valence-corrected chi connectivity index (χ1v) is 11.0. The minimum absolute atomic E-state index is 0.288. The molecule has 0 radical (unpaired) electrons. The van der Waals surface area contributed by atoms with Crippen molar-refractivity contribution in [3.8, 4) is 11.8 Å². The lowest BCUT2D eigenvalue weighted by atomic mass is 9.78. The monoisotopic (exact) mass is 456 g/mol. The average molecular weight is 457 g/mol. The number of thioether (sulfide) groups is 1. The highest BCUT2D eigenvalue weighted by atomic mass is 35.5. The Balaban J connectivity index is 2.04. The summed E-state index contributed by atoms with van der Waals surface area (Å²) in [6.07, 6.45) is 0.